The first-order valence-electron chi connectivity index (χ1n) is 8.55. The molecule has 0 aromatic heterocycles. The van der Waals surface area contributed by atoms with Gasteiger partial charge in [-0.15, -0.1) is 0 Å². The molecule has 0 aliphatic carbocycles. The summed E-state index contributed by atoms with van der Waals surface area (Å²) < 4.78 is 5.10. The Morgan fingerprint density at radius 3 is 2.15 bits per heavy atom. The quantitative estimate of drug-likeness (QED) is 0.824. The van der Waals surface area contributed by atoms with E-state index in [9.17, 15) is 14.7 Å². The van der Waals surface area contributed by atoms with E-state index in [1.54, 1.807) is 0 Å². The summed E-state index contributed by atoms with van der Waals surface area (Å²) in [6.45, 7) is 6.45. The molecule has 1 unspecified atom stereocenters. The van der Waals surface area contributed by atoms with Crippen LogP contribution in [0.4, 0.5) is 4.79 Å². The maximum Gasteiger partial charge on any atom is 0.408 e. The molecule has 0 aliphatic heterocycles. The zero-order chi connectivity index (χ0) is 19.2. The van der Waals surface area contributed by atoms with Crippen LogP contribution in [0, 0.1) is 0 Å². The first kappa shape index (κ1) is 19.5. The molecule has 0 fully saturated rings. The molecule has 2 aromatic carbocycles. The number of alkyl carbamates (subject to hydrolysis) is 1. The Kier molecular flexibility index (Phi) is 6.39. The van der Waals surface area contributed by atoms with Gasteiger partial charge in [0, 0.05) is 6.42 Å². The Balaban J connectivity index is 1.93. The monoisotopic (exact) mass is 355 g/mol. The van der Waals surface area contributed by atoms with E-state index < -0.39 is 18.1 Å². The van der Waals surface area contributed by atoms with Gasteiger partial charge in [-0.25, -0.2) is 9.59 Å². The number of ether oxygens (including phenoxy) is 1. The topological polar surface area (TPSA) is 75.6 Å². The minimum absolute atomic E-state index is 0.0320. The van der Waals surface area contributed by atoms with Gasteiger partial charge in [0.05, 0.1) is 0 Å². The van der Waals surface area contributed by atoms with Crippen molar-refractivity contribution < 1.29 is 19.4 Å². The Bertz CT molecular complexity index is 733. The van der Waals surface area contributed by atoms with Crippen LogP contribution >= 0.6 is 0 Å². The van der Waals surface area contributed by atoms with Crippen LogP contribution in [0.2, 0.25) is 0 Å². The van der Waals surface area contributed by atoms with Crippen LogP contribution in [0.1, 0.15) is 37.5 Å². The van der Waals surface area contributed by atoms with E-state index in [0.29, 0.717) is 0 Å². The van der Waals surface area contributed by atoms with Gasteiger partial charge in [0.25, 0.3) is 0 Å². The Morgan fingerprint density at radius 2 is 1.62 bits per heavy atom. The van der Waals surface area contributed by atoms with Crippen molar-refractivity contribution in [1.29, 1.82) is 0 Å². The lowest BCUT2D eigenvalue weighted by molar-refractivity contribution is -0.139. The third-order valence-electron chi connectivity index (χ3n) is 4.06. The minimum Gasteiger partial charge on any atom is -0.480 e. The van der Waals surface area contributed by atoms with E-state index in [4.69, 9.17) is 4.74 Å². The lowest BCUT2D eigenvalue weighted by Crippen LogP contribution is -2.42. The predicted molar refractivity (Wildman–Crippen MR) is 100 cm³/mol. The zero-order valence-electron chi connectivity index (χ0n) is 15.4. The second-order valence-electron chi connectivity index (χ2n) is 7.25. The van der Waals surface area contributed by atoms with Crippen LogP contribution in [0.3, 0.4) is 0 Å². The summed E-state index contributed by atoms with van der Waals surface area (Å²) in [5, 5.41) is 11.8. The number of carbonyl (C=O) groups excluding carboxylic acids is 1. The van der Waals surface area contributed by atoms with Crippen molar-refractivity contribution in [1.82, 2.24) is 5.32 Å². The fourth-order valence-electron chi connectivity index (χ4n) is 2.48. The molecule has 26 heavy (non-hydrogen) atoms. The van der Waals surface area contributed by atoms with Gasteiger partial charge < -0.3 is 15.2 Å². The molecule has 0 saturated carbocycles. The van der Waals surface area contributed by atoms with E-state index in [2.05, 4.69) is 26.1 Å². The van der Waals surface area contributed by atoms with Gasteiger partial charge in [-0.3, -0.25) is 0 Å². The van der Waals surface area contributed by atoms with Crippen molar-refractivity contribution in [3.05, 3.63) is 71.3 Å². The highest BCUT2D eigenvalue weighted by molar-refractivity contribution is 5.80. The Labute approximate surface area is 154 Å². The molecule has 0 radical (unpaired) electrons. The van der Waals surface area contributed by atoms with Crippen LogP contribution in [0.15, 0.2) is 54.6 Å². The molecule has 0 aliphatic rings. The summed E-state index contributed by atoms with van der Waals surface area (Å²) in [7, 11) is 0. The molecule has 5 heteroatoms. The van der Waals surface area contributed by atoms with Crippen molar-refractivity contribution in [3.8, 4) is 0 Å². The number of carboxylic acids is 1. The molecule has 2 N–H and O–H groups in total. The van der Waals surface area contributed by atoms with E-state index >= 15 is 0 Å². The third-order valence-corrected chi connectivity index (χ3v) is 4.06. The normalized spacial score (nSPS) is 12.3. The second kappa shape index (κ2) is 8.52. The van der Waals surface area contributed by atoms with Gasteiger partial charge in [-0.2, -0.15) is 0 Å². The molecule has 138 valence electrons. The fourth-order valence-corrected chi connectivity index (χ4v) is 2.48. The van der Waals surface area contributed by atoms with E-state index in [1.165, 1.54) is 5.56 Å². The summed E-state index contributed by atoms with van der Waals surface area (Å²) >= 11 is 0. The molecule has 2 rings (SSSR count). The zero-order valence-corrected chi connectivity index (χ0v) is 15.4. The van der Waals surface area contributed by atoms with Crippen molar-refractivity contribution in [3.63, 3.8) is 0 Å². The molecule has 1 amide bonds. The summed E-state index contributed by atoms with van der Waals surface area (Å²) in [6, 6.07) is 16.0. The lowest BCUT2D eigenvalue weighted by atomic mass is 9.86. The molecular formula is C21H25NO4. The maximum atomic E-state index is 11.9. The van der Waals surface area contributed by atoms with Gasteiger partial charge in [0.15, 0.2) is 0 Å². The molecule has 2 aromatic rings. The molecule has 5 nitrogen and oxygen atoms in total. The lowest BCUT2D eigenvalue weighted by Gasteiger charge is -2.20. The van der Waals surface area contributed by atoms with Crippen molar-refractivity contribution in [2.75, 3.05) is 0 Å². The molecule has 0 saturated heterocycles. The number of carbonyl (C=O) groups is 2. The largest absolute Gasteiger partial charge is 0.480 e. The second-order valence-corrected chi connectivity index (χ2v) is 7.25. The van der Waals surface area contributed by atoms with Crippen molar-refractivity contribution in [2.45, 2.75) is 45.3 Å². The minimum atomic E-state index is -1.10. The van der Waals surface area contributed by atoms with Gasteiger partial charge in [0.2, 0.25) is 0 Å². The van der Waals surface area contributed by atoms with Crippen molar-refractivity contribution >= 4 is 12.1 Å². The number of amides is 1. The number of carboxylic acid groups (broad SMARTS) is 1. The number of benzene rings is 2. The summed E-state index contributed by atoms with van der Waals surface area (Å²) in [6.07, 6.45) is -0.548. The number of hydrogen-bond donors (Lipinski definition) is 2. The maximum absolute atomic E-state index is 11.9. The Morgan fingerprint density at radius 1 is 1.00 bits per heavy atom. The number of nitrogens with one attached hydrogen (secondary N) is 1. The van der Waals surface area contributed by atoms with Gasteiger partial charge in [-0.1, -0.05) is 75.4 Å². The summed E-state index contributed by atoms with van der Waals surface area (Å²) in [5.74, 6) is -1.10. The Hall–Kier alpha value is -2.82. The fraction of sp³-hybridized carbons (Fsp3) is 0.333. The van der Waals surface area contributed by atoms with Gasteiger partial charge in [-0.05, 0) is 22.1 Å². The summed E-state index contributed by atoms with van der Waals surface area (Å²) in [4.78, 5) is 23.4. The average molecular weight is 355 g/mol. The van der Waals surface area contributed by atoms with E-state index in [0.717, 1.165) is 11.1 Å². The molecular weight excluding hydrogens is 330 g/mol. The molecule has 0 bridgehead atoms. The van der Waals surface area contributed by atoms with Gasteiger partial charge in [0.1, 0.15) is 12.6 Å². The first-order valence-corrected chi connectivity index (χ1v) is 8.55. The van der Waals surface area contributed by atoms with Gasteiger partial charge >= 0.3 is 12.1 Å². The van der Waals surface area contributed by atoms with Crippen LogP contribution in [-0.4, -0.2) is 23.2 Å². The predicted octanol–water partition coefficient (Wildman–Crippen LogP) is 3.91. The average Bonchev–Trinajstić information content (AvgIpc) is 2.60. The van der Waals surface area contributed by atoms with Crippen LogP contribution in [-0.2, 0) is 28.0 Å². The highest BCUT2D eigenvalue weighted by Crippen LogP contribution is 2.22. The van der Waals surface area contributed by atoms with E-state index in [1.807, 2.05) is 54.6 Å². The number of hydrogen-bond acceptors (Lipinski definition) is 3. The van der Waals surface area contributed by atoms with E-state index in [-0.39, 0.29) is 18.4 Å². The molecule has 1 atom stereocenters. The van der Waals surface area contributed by atoms with Crippen LogP contribution in [0.5, 0.6) is 0 Å². The highest BCUT2D eigenvalue weighted by Gasteiger charge is 2.21. The smallest absolute Gasteiger partial charge is 0.408 e. The van der Waals surface area contributed by atoms with Crippen LogP contribution < -0.4 is 5.32 Å². The van der Waals surface area contributed by atoms with Crippen LogP contribution in [0.25, 0.3) is 0 Å². The molecule has 0 heterocycles. The third kappa shape index (κ3) is 5.92. The first-order chi connectivity index (χ1) is 12.3. The SMILES string of the molecule is CC(C)(C)c1ccc(CC(NC(=O)OCc2ccccc2)C(=O)O)cc1. The van der Waals surface area contributed by atoms with Crippen molar-refractivity contribution in [2.24, 2.45) is 0 Å². The standard InChI is InChI=1S/C21H25NO4/c1-21(2,3)17-11-9-15(10-12-17)13-18(19(23)24)22-20(25)26-14-16-7-5-4-6-8-16/h4-12,18H,13-14H2,1-3H3,(H,22,25)(H,23,24). The number of aliphatic carboxylic acids is 1. The molecule has 0 spiro atoms. The summed E-state index contributed by atoms with van der Waals surface area (Å²) in [5.41, 5.74) is 2.88. The highest BCUT2D eigenvalue weighted by atomic mass is 16.5. The number of rotatable bonds is 6.